The zero-order valence-corrected chi connectivity index (χ0v) is 12.8. The minimum Gasteiger partial charge on any atom is -0.0654 e. The highest BCUT2D eigenvalue weighted by Gasteiger charge is 2.10. The molecule has 0 atom stereocenters. The maximum Gasteiger partial charge on any atom is -0.0386 e. The van der Waals surface area contributed by atoms with Crippen LogP contribution in [0.3, 0.4) is 0 Å². The fourth-order valence-corrected chi connectivity index (χ4v) is 3.25. The Bertz CT molecular complexity index is 153. The van der Waals surface area contributed by atoms with Crippen molar-refractivity contribution in [2.45, 2.75) is 103 Å². The van der Waals surface area contributed by atoms with Crippen molar-refractivity contribution in [2.24, 2.45) is 5.92 Å². The Morgan fingerprint density at radius 2 is 1.33 bits per heavy atom. The summed E-state index contributed by atoms with van der Waals surface area (Å²) in [4.78, 5) is 0. The SMILES string of the molecule is CCCCCCCCCCC1CCC[CH]CCC1. The van der Waals surface area contributed by atoms with Crippen LogP contribution in [0.15, 0.2) is 0 Å². The molecule has 0 N–H and O–H groups in total. The van der Waals surface area contributed by atoms with Crippen molar-refractivity contribution in [2.75, 3.05) is 0 Å². The van der Waals surface area contributed by atoms with Crippen LogP contribution in [-0.4, -0.2) is 0 Å². The minimum absolute atomic E-state index is 1.07. The summed E-state index contributed by atoms with van der Waals surface area (Å²) in [7, 11) is 0. The highest BCUT2D eigenvalue weighted by molar-refractivity contribution is 4.72. The summed E-state index contributed by atoms with van der Waals surface area (Å²) < 4.78 is 0. The summed E-state index contributed by atoms with van der Waals surface area (Å²) in [6.45, 7) is 2.30. The summed E-state index contributed by atoms with van der Waals surface area (Å²) >= 11 is 0. The van der Waals surface area contributed by atoms with Gasteiger partial charge in [-0.15, -0.1) is 0 Å². The van der Waals surface area contributed by atoms with Gasteiger partial charge in [-0.1, -0.05) is 103 Å². The topological polar surface area (TPSA) is 0 Å². The maximum absolute atomic E-state index is 2.51. The molecular weight excluding hydrogens is 216 g/mol. The van der Waals surface area contributed by atoms with E-state index in [1.807, 2.05) is 0 Å². The Hall–Kier alpha value is 0. The molecular formula is C18H35. The summed E-state index contributed by atoms with van der Waals surface area (Å²) in [6.07, 6.45) is 24.5. The van der Waals surface area contributed by atoms with Gasteiger partial charge < -0.3 is 0 Å². The average molecular weight is 251 g/mol. The molecule has 0 heteroatoms. The van der Waals surface area contributed by atoms with Crippen LogP contribution in [0.5, 0.6) is 0 Å². The Labute approximate surface area is 116 Å². The zero-order valence-electron chi connectivity index (χ0n) is 12.8. The molecule has 18 heavy (non-hydrogen) atoms. The van der Waals surface area contributed by atoms with Crippen molar-refractivity contribution in [3.63, 3.8) is 0 Å². The molecule has 0 amide bonds. The van der Waals surface area contributed by atoms with E-state index < -0.39 is 0 Å². The van der Waals surface area contributed by atoms with E-state index in [0.717, 1.165) is 5.92 Å². The van der Waals surface area contributed by atoms with Crippen molar-refractivity contribution >= 4 is 0 Å². The Balaban J connectivity index is 1.86. The quantitative estimate of drug-likeness (QED) is 0.400. The standard InChI is InChI=1S/C18H35/c1-2-3-4-5-6-7-9-12-15-18-16-13-10-8-11-14-17-18/h8,18H,2-7,9-17H2,1H3. The second kappa shape index (κ2) is 12.1. The Kier molecular flexibility index (Phi) is 10.8. The highest BCUT2D eigenvalue weighted by atomic mass is 14.2. The van der Waals surface area contributed by atoms with Crippen molar-refractivity contribution < 1.29 is 0 Å². The van der Waals surface area contributed by atoms with E-state index in [9.17, 15) is 0 Å². The molecule has 1 saturated carbocycles. The van der Waals surface area contributed by atoms with E-state index in [2.05, 4.69) is 13.3 Å². The summed E-state index contributed by atoms with van der Waals surface area (Å²) in [5.41, 5.74) is 0. The van der Waals surface area contributed by atoms with Crippen LogP contribution in [0.1, 0.15) is 103 Å². The molecule has 0 aromatic rings. The van der Waals surface area contributed by atoms with Crippen LogP contribution in [-0.2, 0) is 0 Å². The second-order valence-corrected chi connectivity index (χ2v) is 6.28. The molecule has 1 rings (SSSR count). The van der Waals surface area contributed by atoms with Gasteiger partial charge in [-0.05, 0) is 12.3 Å². The minimum atomic E-state index is 1.07. The van der Waals surface area contributed by atoms with Gasteiger partial charge in [-0.2, -0.15) is 0 Å². The van der Waals surface area contributed by atoms with Crippen LogP contribution in [0, 0.1) is 12.3 Å². The van der Waals surface area contributed by atoms with Crippen LogP contribution >= 0.6 is 0 Å². The average Bonchev–Trinajstić information content (AvgIpc) is 2.34. The van der Waals surface area contributed by atoms with Crippen molar-refractivity contribution in [3.05, 3.63) is 6.42 Å². The van der Waals surface area contributed by atoms with Crippen molar-refractivity contribution in [1.29, 1.82) is 0 Å². The van der Waals surface area contributed by atoms with Gasteiger partial charge in [0.15, 0.2) is 0 Å². The van der Waals surface area contributed by atoms with E-state index in [1.165, 1.54) is 96.3 Å². The molecule has 1 aliphatic carbocycles. The van der Waals surface area contributed by atoms with Crippen LogP contribution in [0.4, 0.5) is 0 Å². The smallest absolute Gasteiger partial charge is 0.0386 e. The first-order valence-corrected chi connectivity index (χ1v) is 8.75. The van der Waals surface area contributed by atoms with E-state index >= 15 is 0 Å². The number of hydrogen-bond donors (Lipinski definition) is 0. The first kappa shape index (κ1) is 16.1. The molecule has 0 bridgehead atoms. The summed E-state index contributed by atoms with van der Waals surface area (Å²) in [5.74, 6) is 1.07. The van der Waals surface area contributed by atoms with Crippen molar-refractivity contribution in [1.82, 2.24) is 0 Å². The monoisotopic (exact) mass is 251 g/mol. The van der Waals surface area contributed by atoms with Gasteiger partial charge in [0.1, 0.15) is 0 Å². The Morgan fingerprint density at radius 1 is 0.778 bits per heavy atom. The molecule has 0 unspecified atom stereocenters. The fourth-order valence-electron chi connectivity index (χ4n) is 3.25. The lowest BCUT2D eigenvalue weighted by atomic mass is 9.87. The number of hydrogen-bond acceptors (Lipinski definition) is 0. The van der Waals surface area contributed by atoms with Gasteiger partial charge in [-0.25, -0.2) is 0 Å². The first-order valence-electron chi connectivity index (χ1n) is 8.75. The molecule has 0 spiro atoms. The number of unbranched alkanes of at least 4 members (excludes halogenated alkanes) is 7. The summed E-state index contributed by atoms with van der Waals surface area (Å²) in [6, 6.07) is 0. The lowest BCUT2D eigenvalue weighted by molar-refractivity contribution is 0.364. The molecule has 1 aliphatic rings. The third-order valence-corrected chi connectivity index (χ3v) is 4.51. The highest BCUT2D eigenvalue weighted by Crippen LogP contribution is 2.26. The van der Waals surface area contributed by atoms with Crippen LogP contribution < -0.4 is 0 Å². The lowest BCUT2D eigenvalue weighted by Gasteiger charge is -2.19. The molecule has 0 saturated heterocycles. The van der Waals surface area contributed by atoms with E-state index in [0.29, 0.717) is 0 Å². The predicted octanol–water partition coefficient (Wildman–Crippen LogP) is 6.69. The van der Waals surface area contributed by atoms with Gasteiger partial charge in [0, 0.05) is 0 Å². The molecule has 0 aliphatic heterocycles. The zero-order chi connectivity index (χ0) is 12.9. The van der Waals surface area contributed by atoms with E-state index in [1.54, 1.807) is 0 Å². The van der Waals surface area contributed by atoms with Gasteiger partial charge >= 0.3 is 0 Å². The normalized spacial score (nSPS) is 18.5. The van der Waals surface area contributed by atoms with E-state index in [4.69, 9.17) is 0 Å². The predicted molar refractivity (Wildman–Crippen MR) is 82.7 cm³/mol. The van der Waals surface area contributed by atoms with Gasteiger partial charge in [0.2, 0.25) is 0 Å². The van der Waals surface area contributed by atoms with Gasteiger partial charge in [0.05, 0.1) is 0 Å². The van der Waals surface area contributed by atoms with Crippen LogP contribution in [0.2, 0.25) is 0 Å². The lowest BCUT2D eigenvalue weighted by Crippen LogP contribution is -2.03. The molecule has 0 aromatic heterocycles. The molecule has 107 valence electrons. The largest absolute Gasteiger partial charge is 0.0654 e. The third kappa shape index (κ3) is 9.00. The van der Waals surface area contributed by atoms with E-state index in [-0.39, 0.29) is 0 Å². The van der Waals surface area contributed by atoms with Gasteiger partial charge in [0.25, 0.3) is 0 Å². The first-order chi connectivity index (χ1) is 8.93. The Morgan fingerprint density at radius 3 is 1.94 bits per heavy atom. The van der Waals surface area contributed by atoms with Crippen molar-refractivity contribution in [3.8, 4) is 0 Å². The second-order valence-electron chi connectivity index (χ2n) is 6.28. The molecule has 1 radical (unpaired) electrons. The molecule has 0 aromatic carbocycles. The van der Waals surface area contributed by atoms with Crippen LogP contribution in [0.25, 0.3) is 0 Å². The molecule has 1 fully saturated rings. The number of rotatable bonds is 9. The fraction of sp³-hybridized carbons (Fsp3) is 0.944. The summed E-state index contributed by atoms with van der Waals surface area (Å²) in [5, 5.41) is 0. The molecule has 0 nitrogen and oxygen atoms in total. The molecule has 0 heterocycles. The van der Waals surface area contributed by atoms with Gasteiger partial charge in [-0.3, -0.25) is 0 Å². The third-order valence-electron chi connectivity index (χ3n) is 4.51. The maximum atomic E-state index is 2.51.